The van der Waals surface area contributed by atoms with E-state index in [1.165, 1.54) is 16.2 Å². The quantitative estimate of drug-likeness (QED) is 0.467. The molecule has 0 atom stereocenters. The number of rotatable bonds is 4. The summed E-state index contributed by atoms with van der Waals surface area (Å²) < 4.78 is 0. The first kappa shape index (κ1) is 18.5. The van der Waals surface area contributed by atoms with Crippen LogP contribution >= 0.6 is 7.26 Å². The van der Waals surface area contributed by atoms with Crippen LogP contribution in [0.5, 0.6) is 0 Å². The molecule has 0 N–H and O–H groups in total. The summed E-state index contributed by atoms with van der Waals surface area (Å²) >= 11 is 0. The van der Waals surface area contributed by atoms with Crippen LogP contribution in [0.2, 0.25) is 0 Å². The molecule has 0 aliphatic rings. The molecule has 0 nitrogen and oxygen atoms in total. The highest BCUT2D eigenvalue weighted by molar-refractivity contribution is 7.93. The van der Waals surface area contributed by atoms with Gasteiger partial charge in [0.25, 0.3) is 0 Å². The highest BCUT2D eigenvalue weighted by Crippen LogP contribution is 2.58. The lowest BCUT2D eigenvalue weighted by Gasteiger charge is -2.21. The molecule has 0 aliphatic carbocycles. The average Bonchev–Trinajstić information content (AvgIpc) is 2.64. The maximum absolute atomic E-state index is 3.64. The van der Waals surface area contributed by atoms with Crippen molar-refractivity contribution in [2.24, 2.45) is 0 Å². The summed E-state index contributed by atoms with van der Waals surface area (Å²) in [4.78, 5) is 0. The number of benzene rings is 3. The molecule has 120 valence electrons. The molecule has 0 bridgehead atoms. The van der Waals surface area contributed by atoms with Crippen LogP contribution in [0.25, 0.3) is 0 Å². The van der Waals surface area contributed by atoms with Crippen LogP contribution in [0.1, 0.15) is 12.5 Å². The van der Waals surface area contributed by atoms with Gasteiger partial charge in [-0.2, -0.15) is 0 Å². The predicted octanol–water partition coefficient (Wildman–Crippen LogP) is 1.84. The minimum atomic E-state index is -1.78. The van der Waals surface area contributed by atoms with Crippen molar-refractivity contribution < 1.29 is 17.0 Å². The SMILES string of the molecule is CC#C[P+](Cc1ccccc1)(c1ccccc1)c1ccccc1.[Br-]. The fraction of sp³-hybridized carbons (Fsp3) is 0.0909. The Labute approximate surface area is 156 Å². The third kappa shape index (κ3) is 3.96. The zero-order valence-electron chi connectivity index (χ0n) is 13.7. The van der Waals surface area contributed by atoms with Crippen molar-refractivity contribution in [1.82, 2.24) is 0 Å². The van der Waals surface area contributed by atoms with Gasteiger partial charge in [-0.15, -0.1) is 0 Å². The lowest BCUT2D eigenvalue weighted by atomic mass is 10.2. The Morgan fingerprint density at radius 3 is 1.50 bits per heavy atom. The summed E-state index contributed by atoms with van der Waals surface area (Å²) in [6.45, 7) is 1.95. The minimum Gasteiger partial charge on any atom is -1.00 e. The Hall–Kier alpha value is -1.87. The second kappa shape index (κ2) is 8.84. The van der Waals surface area contributed by atoms with E-state index in [1.54, 1.807) is 0 Å². The van der Waals surface area contributed by atoms with Gasteiger partial charge in [0.2, 0.25) is 0 Å². The molecule has 3 rings (SSSR count). The first-order valence-corrected chi connectivity index (χ1v) is 9.80. The molecule has 3 aromatic rings. The van der Waals surface area contributed by atoms with Crippen LogP contribution < -0.4 is 27.6 Å². The molecule has 2 heteroatoms. The monoisotopic (exact) mass is 394 g/mol. The highest BCUT2D eigenvalue weighted by Gasteiger charge is 2.42. The third-order valence-corrected chi connectivity index (χ3v) is 7.76. The summed E-state index contributed by atoms with van der Waals surface area (Å²) in [5.41, 5.74) is 4.98. The Bertz CT molecular complexity index is 763. The number of hydrogen-bond acceptors (Lipinski definition) is 0. The molecule has 0 aliphatic heterocycles. The number of halogens is 1. The van der Waals surface area contributed by atoms with Crippen LogP contribution in [0.4, 0.5) is 0 Å². The summed E-state index contributed by atoms with van der Waals surface area (Å²) in [6.07, 6.45) is 0.975. The van der Waals surface area contributed by atoms with Crippen molar-refractivity contribution in [3.05, 3.63) is 96.6 Å². The zero-order chi connectivity index (χ0) is 16.0. The van der Waals surface area contributed by atoms with Crippen molar-refractivity contribution in [2.75, 3.05) is 0 Å². The predicted molar refractivity (Wildman–Crippen MR) is 103 cm³/mol. The fourth-order valence-corrected chi connectivity index (χ4v) is 6.42. The zero-order valence-corrected chi connectivity index (χ0v) is 16.2. The molecule has 0 spiro atoms. The van der Waals surface area contributed by atoms with Gasteiger partial charge in [-0.05, 0) is 29.8 Å². The largest absolute Gasteiger partial charge is 1.00 e. The van der Waals surface area contributed by atoms with Gasteiger partial charge in [0.1, 0.15) is 16.8 Å². The normalized spacial score (nSPS) is 10.2. The average molecular weight is 395 g/mol. The molecule has 0 unspecified atom stereocenters. The van der Waals surface area contributed by atoms with E-state index in [0.29, 0.717) is 0 Å². The third-order valence-electron chi connectivity index (χ3n) is 3.96. The fourth-order valence-electron chi connectivity index (χ4n) is 2.91. The smallest absolute Gasteiger partial charge is 0.161 e. The summed E-state index contributed by atoms with van der Waals surface area (Å²) in [5, 5.41) is 2.70. The summed E-state index contributed by atoms with van der Waals surface area (Å²) in [5.74, 6) is 3.23. The van der Waals surface area contributed by atoms with E-state index in [1.807, 2.05) is 6.92 Å². The van der Waals surface area contributed by atoms with Gasteiger partial charge in [-0.1, -0.05) is 72.7 Å². The molecule has 0 radical (unpaired) electrons. The van der Waals surface area contributed by atoms with E-state index in [9.17, 15) is 0 Å². The first-order valence-electron chi connectivity index (χ1n) is 7.82. The molecule has 3 aromatic carbocycles. The van der Waals surface area contributed by atoms with E-state index < -0.39 is 7.26 Å². The van der Waals surface area contributed by atoms with E-state index in [4.69, 9.17) is 0 Å². The van der Waals surface area contributed by atoms with Gasteiger partial charge in [-0.25, -0.2) is 0 Å². The lowest BCUT2D eigenvalue weighted by molar-refractivity contribution is -0.00000456. The molecule has 0 saturated heterocycles. The van der Waals surface area contributed by atoms with Gasteiger partial charge in [-0.3, -0.25) is 0 Å². The van der Waals surface area contributed by atoms with Crippen LogP contribution in [0.15, 0.2) is 91.0 Å². The van der Waals surface area contributed by atoms with E-state index in [2.05, 4.69) is 103 Å². The standard InChI is InChI=1S/C22H20P.BrH/c1-2-18-23(21-14-8-4-9-15-21,22-16-10-5-11-17-22)19-20-12-6-3-7-13-20;/h3-17H,19H2,1H3;1H/q+1;/p-1. The lowest BCUT2D eigenvalue weighted by Crippen LogP contribution is -3.00. The first-order chi connectivity index (χ1) is 11.3. The van der Waals surface area contributed by atoms with Crippen LogP contribution in [-0.2, 0) is 6.16 Å². The topological polar surface area (TPSA) is 0 Å². The molecule has 0 aromatic heterocycles. The molecular formula is C22H20BrP. The van der Waals surface area contributed by atoms with Crippen molar-refractivity contribution in [3.8, 4) is 11.6 Å². The Morgan fingerprint density at radius 1 is 0.667 bits per heavy atom. The van der Waals surface area contributed by atoms with Crippen molar-refractivity contribution >= 4 is 17.9 Å². The van der Waals surface area contributed by atoms with Crippen molar-refractivity contribution in [1.29, 1.82) is 0 Å². The maximum atomic E-state index is 3.64. The molecule has 0 fully saturated rings. The molecule has 24 heavy (non-hydrogen) atoms. The van der Waals surface area contributed by atoms with E-state index >= 15 is 0 Å². The second-order valence-electron chi connectivity index (χ2n) is 5.49. The van der Waals surface area contributed by atoms with Gasteiger partial charge < -0.3 is 17.0 Å². The van der Waals surface area contributed by atoms with Gasteiger partial charge in [0, 0.05) is 6.92 Å². The van der Waals surface area contributed by atoms with E-state index in [0.717, 1.165) is 6.16 Å². The Kier molecular flexibility index (Phi) is 6.80. The molecule has 0 heterocycles. The highest BCUT2D eigenvalue weighted by atomic mass is 79.9. The molecular weight excluding hydrogens is 375 g/mol. The maximum Gasteiger partial charge on any atom is 0.161 e. The molecule has 0 saturated carbocycles. The summed E-state index contributed by atoms with van der Waals surface area (Å²) in [7, 11) is -1.78. The second-order valence-corrected chi connectivity index (χ2v) is 8.68. The minimum absolute atomic E-state index is 0. The van der Waals surface area contributed by atoms with Crippen LogP contribution in [0, 0.1) is 11.6 Å². The van der Waals surface area contributed by atoms with Crippen LogP contribution in [-0.4, -0.2) is 0 Å². The summed E-state index contributed by atoms with van der Waals surface area (Å²) in [6, 6.07) is 32.3. The number of hydrogen-bond donors (Lipinski definition) is 0. The van der Waals surface area contributed by atoms with E-state index in [-0.39, 0.29) is 17.0 Å². The Balaban J connectivity index is 0.00000208. The van der Waals surface area contributed by atoms with Crippen molar-refractivity contribution in [2.45, 2.75) is 13.1 Å². The van der Waals surface area contributed by atoms with Crippen LogP contribution in [0.3, 0.4) is 0 Å². The van der Waals surface area contributed by atoms with Crippen molar-refractivity contribution in [3.63, 3.8) is 0 Å². The van der Waals surface area contributed by atoms with Gasteiger partial charge in [0.15, 0.2) is 7.26 Å². The molecule has 0 amide bonds. The van der Waals surface area contributed by atoms with Gasteiger partial charge >= 0.3 is 0 Å². The Morgan fingerprint density at radius 2 is 1.08 bits per heavy atom. The van der Waals surface area contributed by atoms with Gasteiger partial charge in [0.05, 0.1) is 5.66 Å².